The Bertz CT molecular complexity index is 656. The van der Waals surface area contributed by atoms with Crippen molar-refractivity contribution in [3.8, 4) is 0 Å². The van der Waals surface area contributed by atoms with E-state index >= 15 is 0 Å². The number of hydrogen-bond acceptors (Lipinski definition) is 0. The number of hydrogen-bond donors (Lipinski definition) is 0. The van der Waals surface area contributed by atoms with Gasteiger partial charge in [-0.3, -0.25) is 0 Å². The normalized spacial score (nSPS) is 45.9. The van der Waals surface area contributed by atoms with Crippen molar-refractivity contribution in [3.63, 3.8) is 0 Å². The van der Waals surface area contributed by atoms with Gasteiger partial charge >= 0.3 is 0 Å². The van der Waals surface area contributed by atoms with Crippen molar-refractivity contribution in [2.24, 2.45) is 40.9 Å². The van der Waals surface area contributed by atoms with Crippen molar-refractivity contribution >= 4 is 5.57 Å². The zero-order chi connectivity index (χ0) is 17.0. The molecule has 134 valence electrons. The summed E-state index contributed by atoms with van der Waals surface area (Å²) in [6.07, 6.45) is 14.5. The lowest BCUT2D eigenvalue weighted by molar-refractivity contribution is -0.0443. The van der Waals surface area contributed by atoms with Crippen molar-refractivity contribution in [3.05, 3.63) is 42.0 Å². The minimum Gasteiger partial charge on any atom is -0.0798 e. The second-order valence-corrected chi connectivity index (χ2v) is 10.0. The molecular weight excluding hydrogens is 300 g/mol. The van der Waals surface area contributed by atoms with Crippen LogP contribution in [0, 0.1) is 40.9 Å². The summed E-state index contributed by atoms with van der Waals surface area (Å²) in [4.78, 5) is 0. The SMILES string of the molecule is C[C@H]1CC[C@H]2[C@H](CCC3C4CC=C(c5ccccc5)[C@@]4(C)CC[C@@H]32)C1. The van der Waals surface area contributed by atoms with E-state index in [0.717, 1.165) is 35.5 Å². The van der Waals surface area contributed by atoms with Gasteiger partial charge in [0.1, 0.15) is 0 Å². The molecule has 25 heavy (non-hydrogen) atoms. The summed E-state index contributed by atoms with van der Waals surface area (Å²) in [5.41, 5.74) is 3.61. The highest BCUT2D eigenvalue weighted by molar-refractivity contribution is 5.72. The third kappa shape index (κ3) is 2.47. The third-order valence-electron chi connectivity index (χ3n) is 8.88. The maximum atomic E-state index is 2.62. The van der Waals surface area contributed by atoms with Crippen LogP contribution in [0.15, 0.2) is 36.4 Å². The van der Waals surface area contributed by atoms with Crippen LogP contribution in [0.25, 0.3) is 5.57 Å². The maximum absolute atomic E-state index is 2.62. The lowest BCUT2D eigenvalue weighted by Gasteiger charge is -2.56. The van der Waals surface area contributed by atoms with E-state index in [0.29, 0.717) is 5.41 Å². The summed E-state index contributed by atoms with van der Waals surface area (Å²) >= 11 is 0. The predicted octanol–water partition coefficient (Wildman–Crippen LogP) is 6.97. The summed E-state index contributed by atoms with van der Waals surface area (Å²) in [7, 11) is 0. The maximum Gasteiger partial charge on any atom is -0.00385 e. The highest BCUT2D eigenvalue weighted by Crippen LogP contribution is 2.64. The molecule has 0 radical (unpaired) electrons. The quantitative estimate of drug-likeness (QED) is 0.520. The molecule has 5 rings (SSSR count). The second kappa shape index (κ2) is 6.00. The van der Waals surface area contributed by atoms with Crippen LogP contribution in [0.5, 0.6) is 0 Å². The fraction of sp³-hybridized carbons (Fsp3) is 0.680. The Morgan fingerprint density at radius 3 is 2.52 bits per heavy atom. The summed E-state index contributed by atoms with van der Waals surface area (Å²) in [5.74, 6) is 6.10. The monoisotopic (exact) mass is 334 g/mol. The Morgan fingerprint density at radius 1 is 0.880 bits per heavy atom. The molecule has 0 amide bonds. The smallest absolute Gasteiger partial charge is 0.00385 e. The number of allylic oxidation sites excluding steroid dienone is 2. The molecule has 1 aromatic carbocycles. The molecule has 0 saturated heterocycles. The summed E-state index contributed by atoms with van der Waals surface area (Å²) < 4.78 is 0. The van der Waals surface area contributed by atoms with Crippen LogP contribution in [0.3, 0.4) is 0 Å². The number of fused-ring (bicyclic) bond motifs is 5. The molecule has 0 bridgehead atoms. The van der Waals surface area contributed by atoms with Crippen LogP contribution in [0.4, 0.5) is 0 Å². The van der Waals surface area contributed by atoms with E-state index in [2.05, 4.69) is 50.3 Å². The molecule has 3 fully saturated rings. The molecule has 0 spiro atoms. The van der Waals surface area contributed by atoms with Gasteiger partial charge in [0.05, 0.1) is 0 Å². The molecule has 7 atom stereocenters. The van der Waals surface area contributed by atoms with Gasteiger partial charge in [0.2, 0.25) is 0 Å². The highest BCUT2D eigenvalue weighted by atomic mass is 14.6. The Morgan fingerprint density at radius 2 is 1.68 bits per heavy atom. The lowest BCUT2D eigenvalue weighted by Crippen LogP contribution is -2.47. The first-order valence-electron chi connectivity index (χ1n) is 10.9. The third-order valence-corrected chi connectivity index (χ3v) is 8.88. The van der Waals surface area contributed by atoms with Gasteiger partial charge in [-0.05, 0) is 97.0 Å². The highest BCUT2D eigenvalue weighted by Gasteiger charge is 2.54. The average molecular weight is 335 g/mol. The van der Waals surface area contributed by atoms with Crippen molar-refractivity contribution < 1.29 is 0 Å². The molecule has 0 heterocycles. The Labute approximate surface area is 154 Å². The Balaban J connectivity index is 1.41. The molecule has 0 aromatic heterocycles. The summed E-state index contributed by atoms with van der Waals surface area (Å²) in [6.45, 7) is 5.10. The van der Waals surface area contributed by atoms with Gasteiger partial charge in [0.25, 0.3) is 0 Å². The van der Waals surface area contributed by atoms with E-state index in [1.807, 2.05) is 0 Å². The molecule has 0 aliphatic heterocycles. The summed E-state index contributed by atoms with van der Waals surface area (Å²) in [6, 6.07) is 11.3. The van der Waals surface area contributed by atoms with E-state index in [-0.39, 0.29) is 0 Å². The van der Waals surface area contributed by atoms with E-state index in [4.69, 9.17) is 0 Å². The molecule has 2 unspecified atom stereocenters. The standard InChI is InChI=1S/C25H34/c1-17-8-10-20-19(16-17)9-11-22-21(20)14-15-25(2)23(12-13-24(22)25)18-6-4-3-5-7-18/h3-7,12,17,19-22,24H,8-11,13-16H2,1-2H3/t17-,19+,20-,21+,22?,24?,25+/m0/s1. The zero-order valence-corrected chi connectivity index (χ0v) is 16.1. The van der Waals surface area contributed by atoms with Crippen LogP contribution in [-0.2, 0) is 0 Å². The van der Waals surface area contributed by atoms with Gasteiger partial charge in [-0.15, -0.1) is 0 Å². The lowest BCUT2D eigenvalue weighted by atomic mass is 9.49. The van der Waals surface area contributed by atoms with Crippen molar-refractivity contribution in [1.29, 1.82) is 0 Å². The second-order valence-electron chi connectivity index (χ2n) is 10.0. The molecule has 0 nitrogen and oxygen atoms in total. The molecule has 3 saturated carbocycles. The van der Waals surface area contributed by atoms with Gasteiger partial charge in [-0.1, -0.05) is 56.7 Å². The summed E-state index contributed by atoms with van der Waals surface area (Å²) in [5, 5.41) is 0. The fourth-order valence-corrected chi connectivity index (χ4v) is 7.72. The van der Waals surface area contributed by atoms with Crippen molar-refractivity contribution in [2.75, 3.05) is 0 Å². The predicted molar refractivity (Wildman–Crippen MR) is 106 cm³/mol. The molecule has 0 heteroatoms. The average Bonchev–Trinajstić information content (AvgIpc) is 2.99. The molecule has 0 N–H and O–H groups in total. The number of benzene rings is 1. The fourth-order valence-electron chi connectivity index (χ4n) is 7.72. The van der Waals surface area contributed by atoms with Crippen LogP contribution in [-0.4, -0.2) is 0 Å². The van der Waals surface area contributed by atoms with E-state index < -0.39 is 0 Å². The van der Waals surface area contributed by atoms with E-state index in [1.165, 1.54) is 56.9 Å². The first-order valence-corrected chi connectivity index (χ1v) is 10.9. The Kier molecular flexibility index (Phi) is 3.88. The van der Waals surface area contributed by atoms with Gasteiger partial charge in [-0.2, -0.15) is 0 Å². The molecule has 4 aliphatic rings. The van der Waals surface area contributed by atoms with Crippen LogP contribution in [0.2, 0.25) is 0 Å². The van der Waals surface area contributed by atoms with Crippen molar-refractivity contribution in [2.45, 2.75) is 65.2 Å². The minimum atomic E-state index is 0.442. The molecule has 1 aromatic rings. The van der Waals surface area contributed by atoms with Crippen LogP contribution in [0.1, 0.15) is 70.8 Å². The van der Waals surface area contributed by atoms with E-state index in [1.54, 1.807) is 5.57 Å². The zero-order valence-electron chi connectivity index (χ0n) is 16.1. The van der Waals surface area contributed by atoms with Gasteiger partial charge in [0.15, 0.2) is 0 Å². The van der Waals surface area contributed by atoms with Gasteiger partial charge in [-0.25, -0.2) is 0 Å². The van der Waals surface area contributed by atoms with Crippen LogP contribution < -0.4 is 0 Å². The minimum absolute atomic E-state index is 0.442. The first-order chi connectivity index (χ1) is 12.2. The largest absolute Gasteiger partial charge is 0.0798 e. The van der Waals surface area contributed by atoms with Gasteiger partial charge in [0, 0.05) is 0 Å². The topological polar surface area (TPSA) is 0 Å². The van der Waals surface area contributed by atoms with Crippen molar-refractivity contribution in [1.82, 2.24) is 0 Å². The van der Waals surface area contributed by atoms with Crippen LogP contribution >= 0.6 is 0 Å². The number of rotatable bonds is 1. The first kappa shape index (κ1) is 16.2. The Hall–Kier alpha value is -1.04. The van der Waals surface area contributed by atoms with E-state index in [9.17, 15) is 0 Å². The molecular formula is C25H34. The van der Waals surface area contributed by atoms with Gasteiger partial charge < -0.3 is 0 Å². The molecule has 4 aliphatic carbocycles.